The molecule has 1 aromatic rings. The van der Waals surface area contributed by atoms with Gasteiger partial charge in [0, 0.05) is 38.6 Å². The van der Waals surface area contributed by atoms with Gasteiger partial charge in [-0.3, -0.25) is 9.69 Å². The third kappa shape index (κ3) is 2.61. The van der Waals surface area contributed by atoms with Crippen LogP contribution in [0, 0.1) is 5.92 Å². The molecule has 108 valence electrons. The summed E-state index contributed by atoms with van der Waals surface area (Å²) in [6.07, 6.45) is 6.27. The molecular weight excluding hydrogens is 270 g/mol. The molecule has 0 amide bonds. The Bertz CT molecular complexity index is 499. The average Bonchev–Trinajstić information content (AvgIpc) is 3.40. The summed E-state index contributed by atoms with van der Waals surface area (Å²) >= 11 is 1.59. The maximum atomic E-state index is 11.2. The lowest BCUT2D eigenvalue weighted by Gasteiger charge is -2.34. The maximum absolute atomic E-state index is 11.2. The number of hydrogen-bond acceptors (Lipinski definition) is 5. The van der Waals surface area contributed by atoms with E-state index in [-0.39, 0.29) is 0 Å². The number of carbonyl (C=O) groups is 1. The van der Waals surface area contributed by atoms with Crippen molar-refractivity contribution >= 4 is 22.8 Å². The predicted molar refractivity (Wildman–Crippen MR) is 80.9 cm³/mol. The van der Waals surface area contributed by atoms with Crippen LogP contribution in [0.25, 0.3) is 0 Å². The van der Waals surface area contributed by atoms with Gasteiger partial charge >= 0.3 is 0 Å². The average molecular weight is 291 g/mol. The van der Waals surface area contributed by atoms with Gasteiger partial charge in [0.2, 0.25) is 0 Å². The van der Waals surface area contributed by atoms with Crippen molar-refractivity contribution in [2.75, 3.05) is 37.6 Å². The number of thiazole rings is 1. The van der Waals surface area contributed by atoms with Gasteiger partial charge in [0.1, 0.15) is 0 Å². The molecule has 2 heterocycles. The van der Waals surface area contributed by atoms with Crippen LogP contribution in [-0.2, 0) is 0 Å². The number of carbonyl (C=O) groups excluding carboxylic acids is 1. The van der Waals surface area contributed by atoms with Gasteiger partial charge in [0.05, 0.1) is 10.6 Å². The number of aromatic nitrogens is 1. The van der Waals surface area contributed by atoms with Crippen molar-refractivity contribution < 1.29 is 4.79 Å². The number of anilines is 1. The van der Waals surface area contributed by atoms with Crippen molar-refractivity contribution in [2.24, 2.45) is 5.92 Å². The summed E-state index contributed by atoms with van der Waals surface area (Å²) < 4.78 is 0. The number of aldehydes is 1. The van der Waals surface area contributed by atoms with Gasteiger partial charge in [0.15, 0.2) is 11.4 Å². The van der Waals surface area contributed by atoms with E-state index in [0.29, 0.717) is 5.92 Å². The van der Waals surface area contributed by atoms with Crippen LogP contribution in [-0.4, -0.2) is 48.9 Å². The van der Waals surface area contributed by atoms with E-state index >= 15 is 0 Å². The number of rotatable bonds is 5. The molecule has 0 atom stereocenters. The summed E-state index contributed by atoms with van der Waals surface area (Å²) in [5.74, 6) is 1.54. The Balaban J connectivity index is 1.41. The summed E-state index contributed by atoms with van der Waals surface area (Å²) in [6, 6.07) is 0. The number of piperazine rings is 1. The van der Waals surface area contributed by atoms with E-state index in [9.17, 15) is 4.79 Å². The Morgan fingerprint density at radius 1 is 1.15 bits per heavy atom. The van der Waals surface area contributed by atoms with Crippen molar-refractivity contribution in [1.82, 2.24) is 9.88 Å². The highest BCUT2D eigenvalue weighted by Crippen LogP contribution is 2.43. The summed E-state index contributed by atoms with van der Waals surface area (Å²) in [6.45, 7) is 5.69. The van der Waals surface area contributed by atoms with Gasteiger partial charge in [-0.25, -0.2) is 4.98 Å². The molecule has 2 aliphatic carbocycles. The van der Waals surface area contributed by atoms with Crippen molar-refractivity contribution in [3.63, 3.8) is 0 Å². The first-order valence-corrected chi connectivity index (χ1v) is 8.58. The fraction of sp³-hybridized carbons (Fsp3) is 0.733. The number of nitrogens with zero attached hydrogens (tertiary/aromatic N) is 3. The highest BCUT2D eigenvalue weighted by Gasteiger charge is 2.31. The highest BCUT2D eigenvalue weighted by molar-refractivity contribution is 7.17. The summed E-state index contributed by atoms with van der Waals surface area (Å²) in [4.78, 5) is 21.8. The number of hydrogen-bond donors (Lipinski definition) is 0. The Kier molecular flexibility index (Phi) is 3.27. The molecule has 20 heavy (non-hydrogen) atoms. The van der Waals surface area contributed by atoms with Crippen LogP contribution >= 0.6 is 11.3 Å². The van der Waals surface area contributed by atoms with E-state index in [1.54, 1.807) is 11.3 Å². The smallest absolute Gasteiger partial charge is 0.186 e. The second kappa shape index (κ2) is 5.11. The first-order valence-electron chi connectivity index (χ1n) is 7.76. The lowest BCUT2D eigenvalue weighted by atomic mass is 10.2. The molecule has 1 aliphatic heterocycles. The molecule has 0 unspecified atom stereocenters. The van der Waals surface area contributed by atoms with Crippen LogP contribution in [0.5, 0.6) is 0 Å². The Morgan fingerprint density at radius 3 is 2.50 bits per heavy atom. The zero-order valence-electron chi connectivity index (χ0n) is 11.8. The summed E-state index contributed by atoms with van der Waals surface area (Å²) in [5.41, 5.74) is 1.07. The molecule has 2 saturated carbocycles. The van der Waals surface area contributed by atoms with Crippen molar-refractivity contribution in [3.05, 3.63) is 10.6 Å². The predicted octanol–water partition coefficient (Wildman–Crippen LogP) is 2.37. The van der Waals surface area contributed by atoms with Gasteiger partial charge in [-0.05, 0) is 31.6 Å². The monoisotopic (exact) mass is 291 g/mol. The zero-order valence-corrected chi connectivity index (χ0v) is 12.6. The second-order valence-corrected chi connectivity index (χ2v) is 7.38. The van der Waals surface area contributed by atoms with Crippen LogP contribution in [0.1, 0.15) is 47.0 Å². The van der Waals surface area contributed by atoms with E-state index in [4.69, 9.17) is 4.98 Å². The lowest BCUT2D eigenvalue weighted by molar-refractivity contribution is 0.112. The van der Waals surface area contributed by atoms with E-state index in [0.717, 1.165) is 54.1 Å². The Labute approximate surface area is 123 Å². The van der Waals surface area contributed by atoms with Crippen LogP contribution in [0.3, 0.4) is 0 Å². The molecule has 1 aromatic heterocycles. The second-order valence-electron chi connectivity index (χ2n) is 6.37. The Morgan fingerprint density at radius 2 is 1.90 bits per heavy atom. The van der Waals surface area contributed by atoms with Crippen molar-refractivity contribution in [1.29, 1.82) is 0 Å². The minimum atomic E-state index is 0.566. The fourth-order valence-electron chi connectivity index (χ4n) is 2.99. The third-order valence-electron chi connectivity index (χ3n) is 4.60. The SMILES string of the molecule is O=Cc1sc(N2CCN(CC3CC3)CC2)nc1C1CC1. The van der Waals surface area contributed by atoms with Gasteiger partial charge in [-0.1, -0.05) is 11.3 Å². The molecule has 0 bridgehead atoms. The molecule has 4 nitrogen and oxygen atoms in total. The zero-order chi connectivity index (χ0) is 13.5. The van der Waals surface area contributed by atoms with E-state index in [1.165, 1.54) is 32.2 Å². The minimum absolute atomic E-state index is 0.566. The van der Waals surface area contributed by atoms with Crippen LogP contribution in [0.4, 0.5) is 5.13 Å². The molecule has 3 aliphatic rings. The largest absolute Gasteiger partial charge is 0.346 e. The first kappa shape index (κ1) is 12.8. The van der Waals surface area contributed by atoms with Gasteiger partial charge < -0.3 is 4.90 Å². The fourth-order valence-corrected chi connectivity index (χ4v) is 4.01. The first-order chi connectivity index (χ1) is 9.83. The topological polar surface area (TPSA) is 36.4 Å². The third-order valence-corrected chi connectivity index (χ3v) is 5.65. The summed E-state index contributed by atoms with van der Waals surface area (Å²) in [5, 5.41) is 1.07. The molecular formula is C15H21N3OS. The maximum Gasteiger partial charge on any atom is 0.186 e. The summed E-state index contributed by atoms with van der Waals surface area (Å²) in [7, 11) is 0. The van der Waals surface area contributed by atoms with Gasteiger partial charge in [-0.2, -0.15) is 0 Å². The Hall–Kier alpha value is -0.940. The molecule has 5 heteroatoms. The molecule has 4 rings (SSSR count). The van der Waals surface area contributed by atoms with Gasteiger partial charge in [0.25, 0.3) is 0 Å². The minimum Gasteiger partial charge on any atom is -0.346 e. The molecule has 0 radical (unpaired) electrons. The molecule has 1 saturated heterocycles. The standard InChI is InChI=1S/C15H21N3OS/c19-10-13-14(12-3-4-12)16-15(20-13)18-7-5-17(6-8-18)9-11-1-2-11/h10-12H,1-9H2. The van der Waals surface area contributed by atoms with Crippen LogP contribution in [0.15, 0.2) is 0 Å². The van der Waals surface area contributed by atoms with E-state index in [1.807, 2.05) is 0 Å². The van der Waals surface area contributed by atoms with Crippen LogP contribution in [0.2, 0.25) is 0 Å². The van der Waals surface area contributed by atoms with E-state index < -0.39 is 0 Å². The highest BCUT2D eigenvalue weighted by atomic mass is 32.1. The molecule has 0 spiro atoms. The van der Waals surface area contributed by atoms with E-state index in [2.05, 4.69) is 9.80 Å². The molecule has 3 fully saturated rings. The van der Waals surface area contributed by atoms with Crippen LogP contribution < -0.4 is 4.90 Å². The van der Waals surface area contributed by atoms with Crippen molar-refractivity contribution in [3.8, 4) is 0 Å². The van der Waals surface area contributed by atoms with Crippen molar-refractivity contribution in [2.45, 2.75) is 31.6 Å². The molecule has 0 N–H and O–H groups in total. The molecule has 0 aromatic carbocycles. The normalized spacial score (nSPS) is 24.1. The quantitative estimate of drug-likeness (QED) is 0.780. The van der Waals surface area contributed by atoms with Gasteiger partial charge in [-0.15, -0.1) is 0 Å². The lowest BCUT2D eigenvalue weighted by Crippen LogP contribution is -2.47.